The lowest BCUT2D eigenvalue weighted by molar-refractivity contribution is -0.219. The second kappa shape index (κ2) is 8.25. The van der Waals surface area contributed by atoms with E-state index < -0.39 is 45.9 Å². The first-order chi connectivity index (χ1) is 16.9. The van der Waals surface area contributed by atoms with Gasteiger partial charge in [-0.05, 0) is 62.7 Å². The number of para-hydroxylation sites is 1. The summed E-state index contributed by atoms with van der Waals surface area (Å²) in [4.78, 5) is 25.7. The fourth-order valence-corrected chi connectivity index (χ4v) is 8.19. The Hall–Kier alpha value is -2.51. The van der Waals surface area contributed by atoms with Crippen molar-refractivity contribution in [3.8, 4) is 5.75 Å². The highest BCUT2D eigenvalue weighted by molar-refractivity contribution is 6.01. The summed E-state index contributed by atoms with van der Waals surface area (Å²) in [6, 6.07) is 7.36. The van der Waals surface area contributed by atoms with Crippen LogP contribution in [0, 0.1) is 28.6 Å². The number of alkyl halides is 1. The van der Waals surface area contributed by atoms with E-state index in [9.17, 15) is 19.8 Å². The SMILES string of the molecule is COc1ccccc1CNC(=O)C1(O)C(C)CC2C3CCC4=CC(=O)C=CC4(C)C3(F)C(O)CC21C. The third kappa shape index (κ3) is 3.08. The van der Waals surface area contributed by atoms with Gasteiger partial charge in [0.05, 0.1) is 13.2 Å². The average molecular weight is 498 g/mol. The van der Waals surface area contributed by atoms with Crippen molar-refractivity contribution in [3.05, 3.63) is 53.6 Å². The summed E-state index contributed by atoms with van der Waals surface area (Å²) in [5, 5.41) is 26.4. The largest absolute Gasteiger partial charge is 0.496 e. The molecule has 8 atom stereocenters. The van der Waals surface area contributed by atoms with E-state index >= 15 is 4.39 Å². The van der Waals surface area contributed by atoms with E-state index in [1.165, 1.54) is 12.2 Å². The summed E-state index contributed by atoms with van der Waals surface area (Å²) in [6.45, 7) is 5.63. The Balaban J connectivity index is 1.47. The summed E-state index contributed by atoms with van der Waals surface area (Å²) < 4.78 is 22.6. The van der Waals surface area contributed by atoms with Gasteiger partial charge in [0.1, 0.15) is 5.75 Å². The van der Waals surface area contributed by atoms with Crippen LogP contribution in [0.1, 0.15) is 52.0 Å². The van der Waals surface area contributed by atoms with Gasteiger partial charge in [0, 0.05) is 28.9 Å². The lowest BCUT2D eigenvalue weighted by atomic mass is 9.44. The molecule has 0 aromatic heterocycles. The average Bonchev–Trinajstić information content (AvgIpc) is 3.05. The predicted molar refractivity (Wildman–Crippen MR) is 133 cm³/mol. The zero-order chi connectivity index (χ0) is 26.1. The van der Waals surface area contributed by atoms with Crippen molar-refractivity contribution in [1.29, 1.82) is 0 Å². The number of allylic oxidation sites excluding steroid dienone is 4. The lowest BCUT2D eigenvalue weighted by Crippen LogP contribution is -2.70. The van der Waals surface area contributed by atoms with Crippen molar-refractivity contribution in [2.75, 3.05) is 7.11 Å². The van der Waals surface area contributed by atoms with Gasteiger partial charge in [-0.3, -0.25) is 9.59 Å². The fraction of sp³-hybridized carbons (Fsp3) is 0.586. The van der Waals surface area contributed by atoms with Crippen LogP contribution in [0.4, 0.5) is 4.39 Å². The molecule has 1 aromatic carbocycles. The first-order valence-electron chi connectivity index (χ1n) is 12.9. The predicted octanol–water partition coefficient (Wildman–Crippen LogP) is 3.66. The highest BCUT2D eigenvalue weighted by Crippen LogP contribution is 2.70. The second-order valence-electron chi connectivity index (χ2n) is 11.7. The van der Waals surface area contributed by atoms with Crippen LogP contribution in [-0.2, 0) is 16.1 Å². The van der Waals surface area contributed by atoms with Gasteiger partial charge >= 0.3 is 0 Å². The van der Waals surface area contributed by atoms with Gasteiger partial charge in [-0.2, -0.15) is 0 Å². The third-order valence-electron chi connectivity index (χ3n) is 10.2. The zero-order valence-corrected chi connectivity index (χ0v) is 21.4. The number of halogens is 1. The number of nitrogens with one attached hydrogen (secondary N) is 1. The van der Waals surface area contributed by atoms with Gasteiger partial charge in [0.25, 0.3) is 5.91 Å². The van der Waals surface area contributed by atoms with Crippen molar-refractivity contribution in [2.45, 2.75) is 70.4 Å². The molecular weight excluding hydrogens is 461 g/mol. The van der Waals surface area contributed by atoms with Gasteiger partial charge in [0.15, 0.2) is 17.1 Å². The van der Waals surface area contributed by atoms with Crippen LogP contribution < -0.4 is 10.1 Å². The molecule has 7 heteroatoms. The Labute approximate surface area is 211 Å². The van der Waals surface area contributed by atoms with E-state index in [0.717, 1.165) is 5.56 Å². The third-order valence-corrected chi connectivity index (χ3v) is 10.2. The Bertz CT molecular complexity index is 1160. The number of aliphatic hydroxyl groups excluding tert-OH is 1. The molecule has 8 unspecified atom stereocenters. The number of aliphatic hydroxyl groups is 2. The second-order valence-corrected chi connectivity index (χ2v) is 11.7. The molecule has 0 saturated heterocycles. The normalized spacial score (nSPS) is 43.2. The maximum absolute atomic E-state index is 17.2. The molecule has 5 rings (SSSR count). The zero-order valence-electron chi connectivity index (χ0n) is 21.4. The standard InChI is InChI=1S/C29H36FNO5/c1-17-13-22-21-10-9-19-14-20(32)11-12-26(19,2)28(21,30)24(33)15-27(22,3)29(17,35)25(34)31-16-18-7-5-6-8-23(18)36-4/h5-8,11-12,14,17,21-22,24,33,35H,9-10,13,15-16H2,1-4H3,(H,31,34). The highest BCUT2D eigenvalue weighted by Gasteiger charge is 2.75. The summed E-state index contributed by atoms with van der Waals surface area (Å²) in [5.41, 5.74) is -4.36. The van der Waals surface area contributed by atoms with E-state index in [1.807, 2.05) is 38.1 Å². The van der Waals surface area contributed by atoms with Crippen LogP contribution in [0.25, 0.3) is 0 Å². The Morgan fingerprint density at radius 2 is 1.97 bits per heavy atom. The summed E-state index contributed by atoms with van der Waals surface area (Å²) in [5.74, 6) is -1.29. The van der Waals surface area contributed by atoms with Gasteiger partial charge in [-0.25, -0.2) is 4.39 Å². The summed E-state index contributed by atoms with van der Waals surface area (Å²) >= 11 is 0. The number of amides is 1. The minimum atomic E-state index is -1.99. The van der Waals surface area contributed by atoms with Crippen LogP contribution in [0.3, 0.4) is 0 Å². The molecule has 0 spiro atoms. The smallest absolute Gasteiger partial charge is 0.253 e. The molecule has 3 N–H and O–H groups in total. The quantitative estimate of drug-likeness (QED) is 0.590. The number of ether oxygens (including phenoxy) is 1. The molecule has 4 aliphatic rings. The van der Waals surface area contributed by atoms with Crippen LogP contribution >= 0.6 is 0 Å². The Morgan fingerprint density at radius 1 is 1.25 bits per heavy atom. The van der Waals surface area contributed by atoms with E-state index in [1.54, 1.807) is 20.1 Å². The van der Waals surface area contributed by atoms with Gasteiger partial charge in [-0.15, -0.1) is 0 Å². The molecule has 1 aromatic rings. The van der Waals surface area contributed by atoms with Crippen LogP contribution in [0.2, 0.25) is 0 Å². The number of carbonyl (C=O) groups excluding carboxylic acids is 2. The van der Waals surface area contributed by atoms with Crippen LogP contribution in [-0.4, -0.2) is 46.4 Å². The number of hydrogen-bond donors (Lipinski definition) is 3. The summed E-state index contributed by atoms with van der Waals surface area (Å²) in [6.07, 6.45) is 4.58. The topological polar surface area (TPSA) is 95.9 Å². The first-order valence-corrected chi connectivity index (χ1v) is 12.9. The van der Waals surface area contributed by atoms with Crippen molar-refractivity contribution in [2.24, 2.45) is 28.6 Å². The molecule has 194 valence electrons. The first kappa shape index (κ1) is 25.2. The monoisotopic (exact) mass is 497 g/mol. The van der Waals surface area contributed by atoms with E-state index in [-0.39, 0.29) is 24.7 Å². The number of rotatable bonds is 4. The number of fused-ring (bicyclic) bond motifs is 5. The van der Waals surface area contributed by atoms with E-state index in [4.69, 9.17) is 4.74 Å². The number of carbonyl (C=O) groups is 2. The van der Waals surface area contributed by atoms with Crippen molar-refractivity contribution >= 4 is 11.7 Å². The summed E-state index contributed by atoms with van der Waals surface area (Å²) in [7, 11) is 1.56. The van der Waals surface area contributed by atoms with Gasteiger partial charge in [-0.1, -0.05) is 43.7 Å². The molecule has 3 saturated carbocycles. The van der Waals surface area contributed by atoms with Crippen molar-refractivity contribution in [3.63, 3.8) is 0 Å². The maximum Gasteiger partial charge on any atom is 0.253 e. The molecule has 0 aliphatic heterocycles. The molecule has 1 amide bonds. The van der Waals surface area contributed by atoms with Gasteiger partial charge < -0.3 is 20.3 Å². The number of methoxy groups -OCH3 is 1. The van der Waals surface area contributed by atoms with Crippen molar-refractivity contribution in [1.82, 2.24) is 5.32 Å². The minimum absolute atomic E-state index is 0.0434. The maximum atomic E-state index is 17.2. The highest BCUT2D eigenvalue weighted by atomic mass is 19.1. The number of benzene rings is 1. The molecule has 0 radical (unpaired) electrons. The molecule has 0 heterocycles. The molecular formula is C29H36FNO5. The Kier molecular flexibility index (Phi) is 5.76. The van der Waals surface area contributed by atoms with E-state index in [0.29, 0.717) is 30.6 Å². The van der Waals surface area contributed by atoms with Crippen LogP contribution in [0.15, 0.2) is 48.1 Å². The molecule has 6 nitrogen and oxygen atoms in total. The lowest BCUT2D eigenvalue weighted by Gasteiger charge is -2.62. The Morgan fingerprint density at radius 3 is 2.69 bits per heavy atom. The fourth-order valence-electron chi connectivity index (χ4n) is 8.19. The van der Waals surface area contributed by atoms with Crippen molar-refractivity contribution < 1.29 is 28.9 Å². The number of ketones is 1. The number of hydrogen-bond acceptors (Lipinski definition) is 5. The molecule has 0 bridgehead atoms. The molecule has 4 aliphatic carbocycles. The molecule has 3 fully saturated rings. The minimum Gasteiger partial charge on any atom is -0.496 e. The molecule has 36 heavy (non-hydrogen) atoms. The van der Waals surface area contributed by atoms with E-state index in [2.05, 4.69) is 5.32 Å². The van der Waals surface area contributed by atoms with Gasteiger partial charge in [0.2, 0.25) is 0 Å². The van der Waals surface area contributed by atoms with Crippen LogP contribution in [0.5, 0.6) is 5.75 Å².